The molecule has 0 aliphatic rings. The van der Waals surface area contributed by atoms with Crippen LogP contribution in [-0.2, 0) is 13.0 Å². The van der Waals surface area contributed by atoms with Crippen LogP contribution in [-0.4, -0.2) is 36.2 Å². The van der Waals surface area contributed by atoms with E-state index < -0.39 is 5.97 Å². The molecule has 3 rings (SSSR count). The number of rotatable bonds is 5. The Balaban J connectivity index is 1.86. The minimum Gasteiger partial charge on any atom is -0.476 e. The van der Waals surface area contributed by atoms with Crippen LogP contribution in [0.5, 0.6) is 0 Å². The highest BCUT2D eigenvalue weighted by molar-refractivity contribution is 7.13. The summed E-state index contributed by atoms with van der Waals surface area (Å²) in [4.78, 5) is 16.2. The number of aromatic carboxylic acids is 1. The van der Waals surface area contributed by atoms with Crippen LogP contribution in [0.15, 0.2) is 22.0 Å². The van der Waals surface area contributed by atoms with Gasteiger partial charge in [0, 0.05) is 0 Å². The fraction of sp³-hybridized carbons (Fsp3) is 0.250. The molecule has 9 heteroatoms. The number of hydrogen-bond acceptors (Lipinski definition) is 7. The third kappa shape index (κ3) is 2.55. The normalized spacial score (nSPS) is 10.9. The molecule has 21 heavy (non-hydrogen) atoms. The van der Waals surface area contributed by atoms with Crippen molar-refractivity contribution < 1.29 is 14.4 Å². The molecule has 0 saturated heterocycles. The highest BCUT2D eigenvalue weighted by atomic mass is 32.1. The number of carbonyl (C=O) groups is 1. The second-order valence-electron chi connectivity index (χ2n) is 4.19. The molecule has 0 fully saturated rings. The van der Waals surface area contributed by atoms with Crippen LogP contribution >= 0.6 is 11.3 Å². The molecule has 3 aromatic heterocycles. The van der Waals surface area contributed by atoms with Gasteiger partial charge in [-0.2, -0.15) is 4.98 Å². The Labute approximate surface area is 123 Å². The third-order valence-corrected chi connectivity index (χ3v) is 3.74. The number of thiophene rings is 1. The van der Waals surface area contributed by atoms with Crippen LogP contribution in [0.3, 0.4) is 0 Å². The van der Waals surface area contributed by atoms with E-state index in [9.17, 15) is 4.79 Å². The summed E-state index contributed by atoms with van der Waals surface area (Å²) in [5, 5.41) is 22.4. The molecule has 0 aliphatic heterocycles. The summed E-state index contributed by atoms with van der Waals surface area (Å²) in [6.45, 7) is 2.04. The van der Waals surface area contributed by atoms with Gasteiger partial charge in [0.2, 0.25) is 11.7 Å². The molecule has 3 aromatic rings. The molecule has 108 valence electrons. The van der Waals surface area contributed by atoms with Crippen LogP contribution in [0.4, 0.5) is 0 Å². The van der Waals surface area contributed by atoms with Gasteiger partial charge >= 0.3 is 5.97 Å². The van der Waals surface area contributed by atoms with Crippen LogP contribution in [0.1, 0.15) is 29.0 Å². The number of carboxylic acid groups (broad SMARTS) is 1. The molecule has 0 aromatic carbocycles. The topological polar surface area (TPSA) is 107 Å². The Morgan fingerprint density at radius 2 is 2.38 bits per heavy atom. The molecule has 1 N–H and O–H groups in total. The van der Waals surface area contributed by atoms with E-state index in [1.54, 1.807) is 0 Å². The Morgan fingerprint density at radius 3 is 3.05 bits per heavy atom. The van der Waals surface area contributed by atoms with E-state index in [0.29, 0.717) is 23.8 Å². The highest BCUT2D eigenvalue weighted by Crippen LogP contribution is 2.21. The molecule has 3 heterocycles. The molecular weight excluding hydrogens is 294 g/mol. The molecule has 0 bridgehead atoms. The van der Waals surface area contributed by atoms with E-state index in [0.717, 1.165) is 4.88 Å². The summed E-state index contributed by atoms with van der Waals surface area (Å²) in [5.41, 5.74) is 0.480. The summed E-state index contributed by atoms with van der Waals surface area (Å²) in [5.74, 6) is -0.227. The molecule has 0 atom stereocenters. The Morgan fingerprint density at radius 1 is 1.52 bits per heavy atom. The lowest BCUT2D eigenvalue weighted by molar-refractivity contribution is 0.0689. The third-order valence-electron chi connectivity index (χ3n) is 2.87. The van der Waals surface area contributed by atoms with Crippen molar-refractivity contribution in [1.29, 1.82) is 0 Å². The van der Waals surface area contributed by atoms with Gasteiger partial charge in [-0.1, -0.05) is 23.4 Å². The van der Waals surface area contributed by atoms with Gasteiger partial charge in [0.1, 0.15) is 6.54 Å². The zero-order chi connectivity index (χ0) is 14.8. The molecule has 0 radical (unpaired) electrons. The van der Waals surface area contributed by atoms with E-state index in [1.807, 2.05) is 24.4 Å². The van der Waals surface area contributed by atoms with Crippen LogP contribution in [0.2, 0.25) is 0 Å². The molecule has 0 aliphatic carbocycles. The fourth-order valence-corrected chi connectivity index (χ4v) is 2.58. The van der Waals surface area contributed by atoms with Gasteiger partial charge < -0.3 is 9.63 Å². The van der Waals surface area contributed by atoms with Crippen molar-refractivity contribution in [1.82, 2.24) is 25.1 Å². The largest absolute Gasteiger partial charge is 0.476 e. The van der Waals surface area contributed by atoms with Crippen molar-refractivity contribution in [3.8, 4) is 10.7 Å². The highest BCUT2D eigenvalue weighted by Gasteiger charge is 2.19. The van der Waals surface area contributed by atoms with Crippen LogP contribution < -0.4 is 0 Å². The Hall–Kier alpha value is -2.55. The van der Waals surface area contributed by atoms with Gasteiger partial charge in [-0.05, 0) is 17.9 Å². The second-order valence-corrected chi connectivity index (χ2v) is 5.14. The van der Waals surface area contributed by atoms with Gasteiger partial charge in [-0.15, -0.1) is 16.4 Å². The van der Waals surface area contributed by atoms with Crippen molar-refractivity contribution in [3.63, 3.8) is 0 Å². The summed E-state index contributed by atoms with van der Waals surface area (Å²) in [6, 6.07) is 3.80. The standard InChI is InChI=1S/C12H11N5O3S/c1-2-7-10(12(18)19)14-16-17(7)6-9-13-11(15-20-9)8-4-3-5-21-8/h3-5H,2,6H2,1H3,(H,18,19). The van der Waals surface area contributed by atoms with Gasteiger partial charge in [0.25, 0.3) is 0 Å². The molecule has 0 unspecified atom stereocenters. The Bertz CT molecular complexity index is 762. The summed E-state index contributed by atoms with van der Waals surface area (Å²) in [6.07, 6.45) is 0.501. The van der Waals surface area contributed by atoms with E-state index in [4.69, 9.17) is 9.63 Å². The maximum atomic E-state index is 11.0. The predicted octanol–water partition coefficient (Wildman–Crippen LogP) is 1.70. The summed E-state index contributed by atoms with van der Waals surface area (Å²) >= 11 is 1.51. The number of aromatic nitrogens is 5. The van der Waals surface area contributed by atoms with E-state index in [1.165, 1.54) is 16.0 Å². The second kappa shape index (κ2) is 5.44. The SMILES string of the molecule is CCc1c(C(=O)O)nnn1Cc1nc(-c2cccs2)no1. The molecule has 0 saturated carbocycles. The van der Waals surface area contributed by atoms with Gasteiger partial charge in [0.15, 0.2) is 5.69 Å². The number of nitrogens with zero attached hydrogens (tertiary/aromatic N) is 5. The van der Waals surface area contributed by atoms with E-state index in [2.05, 4.69) is 20.5 Å². The lowest BCUT2D eigenvalue weighted by Crippen LogP contribution is -2.08. The van der Waals surface area contributed by atoms with Crippen LogP contribution in [0.25, 0.3) is 10.7 Å². The van der Waals surface area contributed by atoms with Gasteiger partial charge in [-0.25, -0.2) is 9.48 Å². The predicted molar refractivity (Wildman–Crippen MR) is 73.1 cm³/mol. The maximum absolute atomic E-state index is 11.0. The maximum Gasteiger partial charge on any atom is 0.358 e. The fourth-order valence-electron chi connectivity index (χ4n) is 1.93. The smallest absolute Gasteiger partial charge is 0.358 e. The zero-order valence-electron chi connectivity index (χ0n) is 11.1. The summed E-state index contributed by atoms with van der Waals surface area (Å²) in [7, 11) is 0. The minimum absolute atomic E-state index is 0.0458. The quantitative estimate of drug-likeness (QED) is 0.764. The van der Waals surface area contributed by atoms with Crippen molar-refractivity contribution in [2.75, 3.05) is 0 Å². The van der Waals surface area contributed by atoms with Crippen molar-refractivity contribution in [3.05, 3.63) is 34.8 Å². The van der Waals surface area contributed by atoms with E-state index >= 15 is 0 Å². The van der Waals surface area contributed by atoms with Crippen molar-refractivity contribution in [2.24, 2.45) is 0 Å². The molecule has 8 nitrogen and oxygen atoms in total. The lowest BCUT2D eigenvalue weighted by atomic mass is 10.2. The first-order valence-corrected chi connectivity index (χ1v) is 7.09. The molecule has 0 spiro atoms. The zero-order valence-corrected chi connectivity index (χ0v) is 11.9. The molecular formula is C12H11N5O3S. The van der Waals surface area contributed by atoms with E-state index in [-0.39, 0.29) is 12.2 Å². The first-order chi connectivity index (χ1) is 10.2. The lowest BCUT2D eigenvalue weighted by Gasteiger charge is -2.00. The van der Waals surface area contributed by atoms with Crippen molar-refractivity contribution >= 4 is 17.3 Å². The average Bonchev–Trinajstić information content (AvgIpc) is 3.18. The minimum atomic E-state index is -1.09. The monoisotopic (exact) mass is 305 g/mol. The summed E-state index contributed by atoms with van der Waals surface area (Å²) < 4.78 is 6.64. The Kier molecular flexibility index (Phi) is 3.48. The first-order valence-electron chi connectivity index (χ1n) is 6.21. The number of hydrogen-bond donors (Lipinski definition) is 1. The average molecular weight is 305 g/mol. The van der Waals surface area contributed by atoms with Crippen molar-refractivity contribution in [2.45, 2.75) is 19.9 Å². The van der Waals surface area contributed by atoms with Crippen LogP contribution in [0, 0.1) is 0 Å². The number of carboxylic acids is 1. The van der Waals surface area contributed by atoms with Gasteiger partial charge in [0.05, 0.1) is 10.6 Å². The first kappa shape index (κ1) is 13.4. The molecule has 0 amide bonds. The van der Waals surface area contributed by atoms with Gasteiger partial charge in [-0.3, -0.25) is 0 Å².